The molecule has 1 saturated heterocycles. The van der Waals surface area contributed by atoms with E-state index < -0.39 is 5.54 Å². The number of piperidine rings is 1. The van der Waals surface area contributed by atoms with Gasteiger partial charge in [-0.2, -0.15) is 5.10 Å². The number of nitrogens with zero attached hydrogens (tertiary/aromatic N) is 2. The second kappa shape index (κ2) is 8.97. The lowest BCUT2D eigenvalue weighted by molar-refractivity contribution is -0.132. The Morgan fingerprint density at radius 1 is 1.25 bits per heavy atom. The third-order valence-electron chi connectivity index (χ3n) is 5.06. The number of nitrogens with one attached hydrogen (secondary N) is 2. The summed E-state index contributed by atoms with van der Waals surface area (Å²) >= 11 is 0. The van der Waals surface area contributed by atoms with E-state index in [0.29, 0.717) is 43.2 Å². The molecule has 1 aromatic heterocycles. The summed E-state index contributed by atoms with van der Waals surface area (Å²) in [6.45, 7) is 4.31. The molecule has 0 aliphatic carbocycles. The largest absolute Gasteiger partial charge is 0.493 e. The highest BCUT2D eigenvalue weighted by molar-refractivity contribution is 5.84. The van der Waals surface area contributed by atoms with Gasteiger partial charge in [0.1, 0.15) is 5.54 Å². The fraction of sp³-hybridized carbons (Fsp3) is 0.500. The molecule has 8 heteroatoms. The lowest BCUT2D eigenvalue weighted by Crippen LogP contribution is -2.54. The van der Waals surface area contributed by atoms with Gasteiger partial charge in [-0.05, 0) is 56.6 Å². The van der Waals surface area contributed by atoms with Crippen LogP contribution in [0.2, 0.25) is 0 Å². The molecular weight excluding hydrogens is 360 g/mol. The Bertz CT molecular complexity index is 761. The Labute approximate surface area is 165 Å². The maximum Gasteiger partial charge on any atom is 0.248 e. The van der Waals surface area contributed by atoms with Crippen molar-refractivity contribution in [3.05, 3.63) is 36.2 Å². The summed E-state index contributed by atoms with van der Waals surface area (Å²) < 4.78 is 18.3. The van der Waals surface area contributed by atoms with Crippen LogP contribution in [-0.4, -0.2) is 49.6 Å². The van der Waals surface area contributed by atoms with Crippen molar-refractivity contribution in [3.8, 4) is 17.2 Å². The van der Waals surface area contributed by atoms with Crippen LogP contribution in [-0.2, 0) is 16.9 Å². The van der Waals surface area contributed by atoms with Crippen molar-refractivity contribution in [1.82, 2.24) is 20.4 Å². The van der Waals surface area contributed by atoms with Gasteiger partial charge in [0.25, 0.3) is 0 Å². The van der Waals surface area contributed by atoms with E-state index in [0.717, 1.165) is 18.7 Å². The van der Waals surface area contributed by atoms with Gasteiger partial charge in [-0.1, -0.05) is 0 Å². The van der Waals surface area contributed by atoms with Crippen LogP contribution >= 0.6 is 0 Å². The van der Waals surface area contributed by atoms with Crippen LogP contribution in [0.1, 0.15) is 25.3 Å². The number of hydrogen-bond acceptors (Lipinski definition) is 6. The van der Waals surface area contributed by atoms with Crippen molar-refractivity contribution in [2.24, 2.45) is 0 Å². The minimum atomic E-state index is -0.672. The standard InChI is InChI=1S/C20H28N4O4/c1-4-28-18-16(26-2)12-15(13-17(18)27-3)14-22-19(25)20(6-9-21-10-7-20)24-11-5-8-23-24/h5,8,11-13,21H,4,6-7,9-10,14H2,1-3H3,(H,22,25). The fourth-order valence-electron chi connectivity index (χ4n) is 3.59. The molecule has 2 heterocycles. The number of hydrogen-bond donors (Lipinski definition) is 2. The molecule has 2 aromatic rings. The van der Waals surface area contributed by atoms with E-state index in [1.165, 1.54) is 0 Å². The highest BCUT2D eigenvalue weighted by Crippen LogP contribution is 2.38. The van der Waals surface area contributed by atoms with Gasteiger partial charge in [0.05, 0.1) is 20.8 Å². The first kappa shape index (κ1) is 20.0. The molecule has 1 fully saturated rings. The zero-order valence-corrected chi connectivity index (χ0v) is 16.7. The molecule has 8 nitrogen and oxygen atoms in total. The first-order valence-corrected chi connectivity index (χ1v) is 9.51. The van der Waals surface area contributed by atoms with Gasteiger partial charge in [0.2, 0.25) is 11.7 Å². The highest BCUT2D eigenvalue weighted by Gasteiger charge is 2.41. The minimum absolute atomic E-state index is 0.0375. The number of benzene rings is 1. The van der Waals surface area contributed by atoms with E-state index in [1.807, 2.05) is 31.3 Å². The average molecular weight is 388 g/mol. The molecule has 0 radical (unpaired) electrons. The number of amides is 1. The fourth-order valence-corrected chi connectivity index (χ4v) is 3.59. The number of carbonyl (C=O) groups excluding carboxylic acids is 1. The Morgan fingerprint density at radius 2 is 1.93 bits per heavy atom. The zero-order chi connectivity index (χ0) is 20.0. The highest BCUT2D eigenvalue weighted by atomic mass is 16.5. The summed E-state index contributed by atoms with van der Waals surface area (Å²) in [5.74, 6) is 1.68. The van der Waals surface area contributed by atoms with Gasteiger partial charge < -0.3 is 24.8 Å². The Morgan fingerprint density at radius 3 is 2.46 bits per heavy atom. The first-order valence-electron chi connectivity index (χ1n) is 9.51. The molecule has 0 bridgehead atoms. The zero-order valence-electron chi connectivity index (χ0n) is 16.7. The van der Waals surface area contributed by atoms with Crippen LogP contribution in [0.5, 0.6) is 17.2 Å². The van der Waals surface area contributed by atoms with Crippen LogP contribution in [0, 0.1) is 0 Å². The maximum absolute atomic E-state index is 13.2. The molecule has 1 aliphatic heterocycles. The number of aromatic nitrogens is 2. The molecule has 1 aliphatic rings. The Kier molecular flexibility index (Phi) is 6.41. The van der Waals surface area contributed by atoms with Crippen molar-refractivity contribution in [1.29, 1.82) is 0 Å². The molecule has 0 atom stereocenters. The number of rotatable bonds is 8. The van der Waals surface area contributed by atoms with Crippen molar-refractivity contribution < 1.29 is 19.0 Å². The van der Waals surface area contributed by atoms with E-state index in [-0.39, 0.29) is 5.91 Å². The van der Waals surface area contributed by atoms with Crippen molar-refractivity contribution >= 4 is 5.91 Å². The van der Waals surface area contributed by atoms with Gasteiger partial charge in [-0.3, -0.25) is 9.48 Å². The molecule has 152 valence electrons. The topological polar surface area (TPSA) is 86.6 Å². The van der Waals surface area contributed by atoms with Gasteiger partial charge in [0, 0.05) is 18.9 Å². The van der Waals surface area contributed by atoms with Crippen LogP contribution in [0.25, 0.3) is 0 Å². The smallest absolute Gasteiger partial charge is 0.248 e. The molecule has 1 aromatic carbocycles. The summed E-state index contributed by atoms with van der Waals surface area (Å²) in [5, 5.41) is 10.7. The molecule has 1 amide bonds. The van der Waals surface area contributed by atoms with E-state index in [9.17, 15) is 4.79 Å². The molecule has 2 N–H and O–H groups in total. The predicted molar refractivity (Wildman–Crippen MR) is 105 cm³/mol. The Hall–Kier alpha value is -2.74. The van der Waals surface area contributed by atoms with E-state index in [2.05, 4.69) is 15.7 Å². The molecule has 3 rings (SSSR count). The monoisotopic (exact) mass is 388 g/mol. The summed E-state index contributed by atoms with van der Waals surface area (Å²) in [6.07, 6.45) is 4.94. The quantitative estimate of drug-likeness (QED) is 0.716. The van der Waals surface area contributed by atoms with Crippen LogP contribution in [0.15, 0.2) is 30.6 Å². The molecule has 0 spiro atoms. The van der Waals surface area contributed by atoms with Crippen LogP contribution in [0.3, 0.4) is 0 Å². The molecule has 0 saturated carbocycles. The van der Waals surface area contributed by atoms with E-state index in [1.54, 1.807) is 25.1 Å². The number of carbonyl (C=O) groups is 1. The van der Waals surface area contributed by atoms with Crippen molar-refractivity contribution in [2.75, 3.05) is 33.9 Å². The summed E-state index contributed by atoms with van der Waals surface area (Å²) in [5.41, 5.74) is 0.198. The molecule has 0 unspecified atom stereocenters. The molecule has 28 heavy (non-hydrogen) atoms. The average Bonchev–Trinajstić information content (AvgIpc) is 3.28. The van der Waals surface area contributed by atoms with Gasteiger partial charge >= 0.3 is 0 Å². The number of methoxy groups -OCH3 is 2. The van der Waals surface area contributed by atoms with Crippen LogP contribution < -0.4 is 24.8 Å². The van der Waals surface area contributed by atoms with Gasteiger partial charge in [-0.25, -0.2) is 0 Å². The number of ether oxygens (including phenoxy) is 3. The van der Waals surface area contributed by atoms with Gasteiger partial charge in [0.15, 0.2) is 11.5 Å². The van der Waals surface area contributed by atoms with Crippen molar-refractivity contribution in [2.45, 2.75) is 31.8 Å². The van der Waals surface area contributed by atoms with Crippen molar-refractivity contribution in [3.63, 3.8) is 0 Å². The SMILES string of the molecule is CCOc1c(OC)cc(CNC(=O)C2(n3cccn3)CCNCC2)cc1OC. The first-order chi connectivity index (χ1) is 13.6. The van der Waals surface area contributed by atoms with Gasteiger partial charge in [-0.15, -0.1) is 0 Å². The third kappa shape index (κ3) is 3.91. The molecular formula is C20H28N4O4. The predicted octanol–water partition coefficient (Wildman–Crippen LogP) is 1.69. The minimum Gasteiger partial charge on any atom is -0.493 e. The summed E-state index contributed by atoms with van der Waals surface area (Å²) in [7, 11) is 3.17. The lowest BCUT2D eigenvalue weighted by atomic mass is 9.87. The van der Waals surface area contributed by atoms with E-state index >= 15 is 0 Å². The maximum atomic E-state index is 13.2. The van der Waals surface area contributed by atoms with E-state index in [4.69, 9.17) is 14.2 Å². The third-order valence-corrected chi connectivity index (χ3v) is 5.06. The lowest BCUT2D eigenvalue weighted by Gasteiger charge is -2.36. The second-order valence-corrected chi connectivity index (χ2v) is 6.68. The normalized spacial score (nSPS) is 15.7. The summed E-state index contributed by atoms with van der Waals surface area (Å²) in [6, 6.07) is 5.56. The second-order valence-electron chi connectivity index (χ2n) is 6.68. The summed E-state index contributed by atoms with van der Waals surface area (Å²) in [4.78, 5) is 13.2. The van der Waals surface area contributed by atoms with Crippen LogP contribution in [0.4, 0.5) is 0 Å². The Balaban J connectivity index is 1.79.